The van der Waals surface area contributed by atoms with Gasteiger partial charge in [-0.05, 0) is 56.6 Å². The van der Waals surface area contributed by atoms with Gasteiger partial charge >= 0.3 is 0 Å². The summed E-state index contributed by atoms with van der Waals surface area (Å²) in [5.41, 5.74) is 1.86. The topological polar surface area (TPSA) is 49.4 Å². The molecule has 2 fully saturated rings. The lowest BCUT2D eigenvalue weighted by Crippen LogP contribution is -2.39. The average molecular weight is 357 g/mol. The van der Waals surface area contributed by atoms with Gasteiger partial charge in [0, 0.05) is 31.1 Å². The molecule has 0 bridgehead atoms. The highest BCUT2D eigenvalue weighted by atomic mass is 16.2. The second-order valence-electron chi connectivity index (χ2n) is 7.99. The quantitative estimate of drug-likeness (QED) is 0.864. The van der Waals surface area contributed by atoms with Crippen LogP contribution in [-0.2, 0) is 4.79 Å². The standard InChI is InChI=1S/C22H32N2O2/c1-17-7-5-6-10-20(17)22(26)24-15-13-18(14-16-24)11-12-21(25)23-19-8-3-2-4-9-19/h5-7,10,18-19H,2-4,8-9,11-16H2,1H3,(H,23,25). The first-order valence-corrected chi connectivity index (χ1v) is 10.3. The Morgan fingerprint density at radius 1 is 1.04 bits per heavy atom. The molecule has 4 heteroatoms. The van der Waals surface area contributed by atoms with Crippen molar-refractivity contribution in [1.82, 2.24) is 10.2 Å². The molecule has 1 aliphatic carbocycles. The van der Waals surface area contributed by atoms with Crippen LogP contribution in [0.5, 0.6) is 0 Å². The smallest absolute Gasteiger partial charge is 0.254 e. The molecule has 3 rings (SSSR count). The SMILES string of the molecule is Cc1ccccc1C(=O)N1CCC(CCC(=O)NC2CCCCC2)CC1. The largest absolute Gasteiger partial charge is 0.353 e. The predicted molar refractivity (Wildman–Crippen MR) is 104 cm³/mol. The lowest BCUT2D eigenvalue weighted by molar-refractivity contribution is -0.122. The molecule has 0 atom stereocenters. The van der Waals surface area contributed by atoms with Crippen molar-refractivity contribution < 1.29 is 9.59 Å². The minimum atomic E-state index is 0.150. The van der Waals surface area contributed by atoms with E-state index >= 15 is 0 Å². The zero-order valence-electron chi connectivity index (χ0n) is 16.0. The van der Waals surface area contributed by atoms with E-state index in [1.54, 1.807) is 0 Å². The van der Waals surface area contributed by atoms with E-state index in [9.17, 15) is 9.59 Å². The summed E-state index contributed by atoms with van der Waals surface area (Å²) >= 11 is 0. The summed E-state index contributed by atoms with van der Waals surface area (Å²) in [5.74, 6) is 0.930. The Morgan fingerprint density at radius 3 is 2.42 bits per heavy atom. The number of aryl methyl sites for hydroxylation is 1. The number of hydrogen-bond donors (Lipinski definition) is 1. The second kappa shape index (κ2) is 9.20. The highest BCUT2D eigenvalue weighted by Crippen LogP contribution is 2.24. The van der Waals surface area contributed by atoms with E-state index < -0.39 is 0 Å². The van der Waals surface area contributed by atoms with Crippen LogP contribution in [0, 0.1) is 12.8 Å². The van der Waals surface area contributed by atoms with Crippen LogP contribution in [0.3, 0.4) is 0 Å². The van der Waals surface area contributed by atoms with Crippen molar-refractivity contribution in [1.29, 1.82) is 0 Å². The summed E-state index contributed by atoms with van der Waals surface area (Å²) in [7, 11) is 0. The molecule has 0 spiro atoms. The molecule has 4 nitrogen and oxygen atoms in total. The maximum atomic E-state index is 12.7. The monoisotopic (exact) mass is 356 g/mol. The van der Waals surface area contributed by atoms with Gasteiger partial charge in [0.15, 0.2) is 0 Å². The molecule has 1 N–H and O–H groups in total. The highest BCUT2D eigenvalue weighted by Gasteiger charge is 2.25. The van der Waals surface area contributed by atoms with Gasteiger partial charge in [0.2, 0.25) is 5.91 Å². The molecule has 1 heterocycles. The van der Waals surface area contributed by atoms with Crippen molar-refractivity contribution in [2.45, 2.75) is 70.8 Å². The van der Waals surface area contributed by atoms with Crippen LogP contribution in [0.25, 0.3) is 0 Å². The zero-order valence-corrected chi connectivity index (χ0v) is 16.0. The molecule has 1 aromatic carbocycles. The molecule has 1 saturated carbocycles. The lowest BCUT2D eigenvalue weighted by atomic mass is 9.91. The van der Waals surface area contributed by atoms with Gasteiger partial charge in [-0.15, -0.1) is 0 Å². The van der Waals surface area contributed by atoms with Gasteiger partial charge in [0.1, 0.15) is 0 Å². The number of hydrogen-bond acceptors (Lipinski definition) is 2. The number of carbonyl (C=O) groups excluding carboxylic acids is 2. The number of benzene rings is 1. The molecule has 1 saturated heterocycles. The first kappa shape index (κ1) is 18.9. The fraction of sp³-hybridized carbons (Fsp3) is 0.636. The van der Waals surface area contributed by atoms with E-state index in [1.807, 2.05) is 36.1 Å². The number of piperidine rings is 1. The van der Waals surface area contributed by atoms with Gasteiger partial charge < -0.3 is 10.2 Å². The minimum absolute atomic E-state index is 0.150. The first-order valence-electron chi connectivity index (χ1n) is 10.3. The highest BCUT2D eigenvalue weighted by molar-refractivity contribution is 5.95. The van der Waals surface area contributed by atoms with E-state index in [1.165, 1.54) is 19.3 Å². The number of amides is 2. The summed E-state index contributed by atoms with van der Waals surface area (Å²) < 4.78 is 0. The summed E-state index contributed by atoms with van der Waals surface area (Å²) in [6.07, 6.45) is 9.69. The maximum Gasteiger partial charge on any atom is 0.254 e. The fourth-order valence-electron chi connectivity index (χ4n) is 4.29. The Morgan fingerprint density at radius 2 is 1.73 bits per heavy atom. The van der Waals surface area contributed by atoms with Gasteiger partial charge in [-0.2, -0.15) is 0 Å². The van der Waals surface area contributed by atoms with Crippen molar-refractivity contribution >= 4 is 11.8 Å². The van der Waals surface area contributed by atoms with Crippen molar-refractivity contribution in [2.24, 2.45) is 5.92 Å². The molecular formula is C22H32N2O2. The molecule has 2 aliphatic rings. The summed E-state index contributed by atoms with van der Waals surface area (Å²) in [5, 5.41) is 3.21. The van der Waals surface area contributed by atoms with Gasteiger partial charge in [0.25, 0.3) is 5.91 Å². The zero-order chi connectivity index (χ0) is 18.4. The van der Waals surface area contributed by atoms with Gasteiger partial charge in [-0.25, -0.2) is 0 Å². The van der Waals surface area contributed by atoms with Crippen molar-refractivity contribution in [3.8, 4) is 0 Å². The van der Waals surface area contributed by atoms with Crippen LogP contribution >= 0.6 is 0 Å². The number of rotatable bonds is 5. The average Bonchev–Trinajstić information content (AvgIpc) is 2.67. The molecule has 0 unspecified atom stereocenters. The molecule has 0 aromatic heterocycles. The molecule has 1 aliphatic heterocycles. The normalized spacial score (nSPS) is 19.3. The molecule has 2 amide bonds. The Bertz CT molecular complexity index is 614. The van der Waals surface area contributed by atoms with Gasteiger partial charge in [-0.3, -0.25) is 9.59 Å². The van der Waals surface area contributed by atoms with Gasteiger partial charge in [0.05, 0.1) is 0 Å². The lowest BCUT2D eigenvalue weighted by Gasteiger charge is -2.32. The van der Waals surface area contributed by atoms with Crippen LogP contribution in [0.2, 0.25) is 0 Å². The Labute approximate surface area is 157 Å². The third-order valence-electron chi connectivity index (χ3n) is 6.03. The van der Waals surface area contributed by atoms with Crippen LogP contribution in [0.1, 0.15) is 73.7 Å². The second-order valence-corrected chi connectivity index (χ2v) is 7.99. The molecule has 26 heavy (non-hydrogen) atoms. The maximum absolute atomic E-state index is 12.7. The first-order chi connectivity index (χ1) is 12.6. The Balaban J connectivity index is 1.39. The van der Waals surface area contributed by atoms with Crippen LogP contribution in [0.15, 0.2) is 24.3 Å². The number of nitrogens with zero attached hydrogens (tertiary/aromatic N) is 1. The molecule has 0 radical (unpaired) electrons. The van der Waals surface area contributed by atoms with E-state index in [0.29, 0.717) is 18.4 Å². The third-order valence-corrected chi connectivity index (χ3v) is 6.03. The minimum Gasteiger partial charge on any atom is -0.353 e. The summed E-state index contributed by atoms with van der Waals surface area (Å²) in [6.45, 7) is 3.61. The molecule has 142 valence electrons. The van der Waals surface area contributed by atoms with E-state index in [-0.39, 0.29) is 11.8 Å². The fourth-order valence-corrected chi connectivity index (χ4v) is 4.29. The van der Waals surface area contributed by atoms with Crippen molar-refractivity contribution in [3.63, 3.8) is 0 Å². The van der Waals surface area contributed by atoms with Gasteiger partial charge in [-0.1, -0.05) is 37.5 Å². The molecular weight excluding hydrogens is 324 g/mol. The van der Waals surface area contributed by atoms with Crippen molar-refractivity contribution in [3.05, 3.63) is 35.4 Å². The number of likely N-dealkylation sites (tertiary alicyclic amines) is 1. The van der Waals surface area contributed by atoms with Crippen LogP contribution in [-0.4, -0.2) is 35.8 Å². The van der Waals surface area contributed by atoms with E-state index in [4.69, 9.17) is 0 Å². The third kappa shape index (κ3) is 5.09. The molecule has 1 aromatic rings. The number of nitrogens with one attached hydrogen (secondary N) is 1. The van der Waals surface area contributed by atoms with Crippen LogP contribution in [0.4, 0.5) is 0 Å². The summed E-state index contributed by atoms with van der Waals surface area (Å²) in [6, 6.07) is 8.21. The van der Waals surface area contributed by atoms with E-state index in [0.717, 1.165) is 56.3 Å². The Hall–Kier alpha value is -1.84. The van der Waals surface area contributed by atoms with Crippen molar-refractivity contribution in [2.75, 3.05) is 13.1 Å². The summed E-state index contributed by atoms with van der Waals surface area (Å²) in [4.78, 5) is 26.8. The van der Waals surface area contributed by atoms with E-state index in [2.05, 4.69) is 5.32 Å². The Kier molecular flexibility index (Phi) is 6.70. The van der Waals surface area contributed by atoms with Crippen LogP contribution < -0.4 is 5.32 Å². The predicted octanol–water partition coefficient (Wildman–Crippen LogP) is 4.08. The number of carbonyl (C=O) groups is 2.